The summed E-state index contributed by atoms with van der Waals surface area (Å²) in [6, 6.07) is 3.75. The van der Waals surface area contributed by atoms with Crippen molar-refractivity contribution in [2.24, 2.45) is 5.73 Å². The second-order valence-corrected chi connectivity index (χ2v) is 3.58. The maximum atomic E-state index is 13.0. The SMILES string of the molecule is CC[C@H](O)[C@H](N)c1ccc(Cl)c(F)c1.Cl. The Morgan fingerprint density at radius 3 is 2.60 bits per heavy atom. The summed E-state index contributed by atoms with van der Waals surface area (Å²) in [5, 5.41) is 9.52. The van der Waals surface area contributed by atoms with Gasteiger partial charge in [0.05, 0.1) is 17.2 Å². The molecule has 0 aliphatic heterocycles. The molecule has 2 nitrogen and oxygen atoms in total. The van der Waals surface area contributed by atoms with Crippen molar-refractivity contribution >= 4 is 24.0 Å². The van der Waals surface area contributed by atoms with Crippen LogP contribution in [0, 0.1) is 5.82 Å². The van der Waals surface area contributed by atoms with Crippen LogP contribution in [-0.2, 0) is 0 Å². The van der Waals surface area contributed by atoms with Gasteiger partial charge in [0.15, 0.2) is 0 Å². The Kier molecular flexibility index (Phi) is 6.13. The molecule has 5 heteroatoms. The molecule has 0 aliphatic rings. The highest BCUT2D eigenvalue weighted by atomic mass is 35.5. The molecule has 0 radical (unpaired) electrons. The minimum Gasteiger partial charge on any atom is -0.391 e. The molecule has 0 amide bonds. The molecule has 2 atom stereocenters. The number of rotatable bonds is 3. The number of benzene rings is 1. The Morgan fingerprint density at radius 2 is 2.13 bits per heavy atom. The van der Waals surface area contributed by atoms with Crippen LogP contribution in [0.5, 0.6) is 0 Å². The number of hydrogen-bond donors (Lipinski definition) is 2. The van der Waals surface area contributed by atoms with Crippen molar-refractivity contribution < 1.29 is 9.50 Å². The van der Waals surface area contributed by atoms with Crippen molar-refractivity contribution in [3.63, 3.8) is 0 Å². The van der Waals surface area contributed by atoms with E-state index in [1.807, 2.05) is 6.92 Å². The second kappa shape index (κ2) is 6.28. The Bertz CT molecular complexity index is 322. The van der Waals surface area contributed by atoms with E-state index in [0.29, 0.717) is 12.0 Å². The fourth-order valence-corrected chi connectivity index (χ4v) is 1.31. The van der Waals surface area contributed by atoms with Crippen LogP contribution in [0.25, 0.3) is 0 Å². The summed E-state index contributed by atoms with van der Waals surface area (Å²) in [4.78, 5) is 0. The lowest BCUT2D eigenvalue weighted by Crippen LogP contribution is -2.25. The third-order valence-electron chi connectivity index (χ3n) is 2.16. The van der Waals surface area contributed by atoms with Gasteiger partial charge in [0, 0.05) is 0 Å². The molecule has 1 aromatic rings. The molecule has 15 heavy (non-hydrogen) atoms. The van der Waals surface area contributed by atoms with Gasteiger partial charge in [-0.25, -0.2) is 4.39 Å². The van der Waals surface area contributed by atoms with Crippen LogP contribution >= 0.6 is 24.0 Å². The molecule has 0 spiro atoms. The van der Waals surface area contributed by atoms with E-state index in [1.165, 1.54) is 12.1 Å². The topological polar surface area (TPSA) is 46.2 Å². The highest BCUT2D eigenvalue weighted by Crippen LogP contribution is 2.21. The van der Waals surface area contributed by atoms with Gasteiger partial charge in [-0.15, -0.1) is 12.4 Å². The van der Waals surface area contributed by atoms with Crippen LogP contribution in [0.15, 0.2) is 18.2 Å². The smallest absolute Gasteiger partial charge is 0.142 e. The molecule has 0 unspecified atom stereocenters. The maximum absolute atomic E-state index is 13.0. The van der Waals surface area contributed by atoms with Gasteiger partial charge in [-0.2, -0.15) is 0 Å². The van der Waals surface area contributed by atoms with Crippen molar-refractivity contribution in [3.8, 4) is 0 Å². The molecular formula is C10H14Cl2FNO. The minimum absolute atomic E-state index is 0. The van der Waals surface area contributed by atoms with E-state index in [-0.39, 0.29) is 17.4 Å². The van der Waals surface area contributed by atoms with Gasteiger partial charge >= 0.3 is 0 Å². The fraction of sp³-hybridized carbons (Fsp3) is 0.400. The lowest BCUT2D eigenvalue weighted by atomic mass is 10.0. The highest BCUT2D eigenvalue weighted by molar-refractivity contribution is 6.30. The van der Waals surface area contributed by atoms with Gasteiger partial charge < -0.3 is 10.8 Å². The van der Waals surface area contributed by atoms with Crippen LogP contribution in [-0.4, -0.2) is 11.2 Å². The van der Waals surface area contributed by atoms with Gasteiger partial charge in [0.25, 0.3) is 0 Å². The highest BCUT2D eigenvalue weighted by Gasteiger charge is 2.15. The Balaban J connectivity index is 0.00000196. The molecule has 0 aromatic heterocycles. The van der Waals surface area contributed by atoms with E-state index in [9.17, 15) is 9.50 Å². The molecule has 3 N–H and O–H groups in total. The van der Waals surface area contributed by atoms with E-state index in [4.69, 9.17) is 17.3 Å². The molecule has 0 fully saturated rings. The van der Waals surface area contributed by atoms with E-state index in [2.05, 4.69) is 0 Å². The minimum atomic E-state index is -0.657. The third-order valence-corrected chi connectivity index (χ3v) is 2.47. The standard InChI is InChI=1S/C10H13ClFNO.ClH/c1-2-9(14)10(13)6-3-4-7(11)8(12)5-6;/h3-5,9-10,14H,2,13H2,1H3;1H/t9-,10+;/m0./s1. The first-order valence-electron chi connectivity index (χ1n) is 4.44. The van der Waals surface area contributed by atoms with E-state index >= 15 is 0 Å². The van der Waals surface area contributed by atoms with Crippen molar-refractivity contribution in [2.45, 2.75) is 25.5 Å². The zero-order valence-corrected chi connectivity index (χ0v) is 9.86. The Hall–Kier alpha value is -0.350. The largest absolute Gasteiger partial charge is 0.391 e. The van der Waals surface area contributed by atoms with Crippen LogP contribution in [0.4, 0.5) is 4.39 Å². The predicted molar refractivity (Wildman–Crippen MR) is 61.9 cm³/mol. The molecule has 1 aromatic carbocycles. The first-order valence-corrected chi connectivity index (χ1v) is 4.82. The number of nitrogens with two attached hydrogens (primary N) is 1. The lowest BCUT2D eigenvalue weighted by Gasteiger charge is -2.17. The van der Waals surface area contributed by atoms with Crippen molar-refractivity contribution in [2.75, 3.05) is 0 Å². The molecule has 0 saturated heterocycles. The normalized spacial score (nSPS) is 14.2. The Labute approximate surface area is 99.6 Å². The summed E-state index contributed by atoms with van der Waals surface area (Å²) >= 11 is 5.52. The first-order chi connectivity index (χ1) is 6.56. The molecule has 1 rings (SSSR count). The maximum Gasteiger partial charge on any atom is 0.142 e. The summed E-state index contributed by atoms with van der Waals surface area (Å²) in [7, 11) is 0. The summed E-state index contributed by atoms with van der Waals surface area (Å²) in [5.74, 6) is -0.511. The van der Waals surface area contributed by atoms with Gasteiger partial charge in [-0.1, -0.05) is 24.6 Å². The van der Waals surface area contributed by atoms with Crippen molar-refractivity contribution in [3.05, 3.63) is 34.6 Å². The molecular weight excluding hydrogens is 240 g/mol. The van der Waals surface area contributed by atoms with Gasteiger partial charge in [0.2, 0.25) is 0 Å². The first kappa shape index (κ1) is 14.6. The summed E-state index contributed by atoms with van der Waals surface area (Å²) in [6.07, 6.45) is -0.124. The molecule has 86 valence electrons. The molecule has 0 bridgehead atoms. The van der Waals surface area contributed by atoms with E-state index < -0.39 is 18.0 Å². The zero-order chi connectivity index (χ0) is 10.7. The van der Waals surface area contributed by atoms with Crippen molar-refractivity contribution in [1.82, 2.24) is 0 Å². The fourth-order valence-electron chi connectivity index (χ4n) is 1.20. The van der Waals surface area contributed by atoms with E-state index in [1.54, 1.807) is 6.07 Å². The molecule has 0 heterocycles. The lowest BCUT2D eigenvalue weighted by molar-refractivity contribution is 0.140. The zero-order valence-electron chi connectivity index (χ0n) is 8.28. The number of halogens is 3. The van der Waals surface area contributed by atoms with Crippen LogP contribution < -0.4 is 5.73 Å². The van der Waals surface area contributed by atoms with Crippen LogP contribution in [0.3, 0.4) is 0 Å². The van der Waals surface area contributed by atoms with Crippen LogP contribution in [0.1, 0.15) is 24.9 Å². The predicted octanol–water partition coefficient (Wildman–Crippen LogP) is 2.67. The molecule has 0 aliphatic carbocycles. The second-order valence-electron chi connectivity index (χ2n) is 3.17. The summed E-state index contributed by atoms with van der Waals surface area (Å²) in [6.45, 7) is 1.82. The average Bonchev–Trinajstić information content (AvgIpc) is 2.20. The molecule has 0 saturated carbocycles. The summed E-state index contributed by atoms with van der Waals surface area (Å²) < 4.78 is 13.0. The number of hydrogen-bond acceptors (Lipinski definition) is 2. The number of aliphatic hydroxyl groups is 1. The average molecular weight is 254 g/mol. The van der Waals surface area contributed by atoms with E-state index in [0.717, 1.165) is 0 Å². The summed E-state index contributed by atoms with van der Waals surface area (Å²) in [5.41, 5.74) is 6.26. The van der Waals surface area contributed by atoms with Crippen LogP contribution in [0.2, 0.25) is 5.02 Å². The van der Waals surface area contributed by atoms with Gasteiger partial charge in [-0.3, -0.25) is 0 Å². The monoisotopic (exact) mass is 253 g/mol. The quantitative estimate of drug-likeness (QED) is 0.871. The van der Waals surface area contributed by atoms with Gasteiger partial charge in [0.1, 0.15) is 5.82 Å². The number of aliphatic hydroxyl groups excluding tert-OH is 1. The van der Waals surface area contributed by atoms with Gasteiger partial charge in [-0.05, 0) is 24.1 Å². The third kappa shape index (κ3) is 3.61. The Morgan fingerprint density at radius 1 is 1.53 bits per heavy atom. The van der Waals surface area contributed by atoms with Crippen molar-refractivity contribution in [1.29, 1.82) is 0 Å².